The minimum atomic E-state index is 0.106. The second-order valence-corrected chi connectivity index (χ2v) is 7.10. The first-order valence-electron chi connectivity index (χ1n) is 6.65. The van der Waals surface area contributed by atoms with Crippen LogP contribution in [0.4, 0.5) is 5.82 Å². The van der Waals surface area contributed by atoms with Crippen molar-refractivity contribution in [1.29, 1.82) is 0 Å². The number of nitrogens with one attached hydrogen (secondary N) is 1. The van der Waals surface area contributed by atoms with E-state index in [1.165, 1.54) is 0 Å². The smallest absolute Gasteiger partial charge is 0.254 e. The summed E-state index contributed by atoms with van der Waals surface area (Å²) in [7, 11) is 0. The van der Waals surface area contributed by atoms with Crippen molar-refractivity contribution in [3.8, 4) is 0 Å². The molecule has 2 rings (SSSR count). The number of carbonyl (C=O) groups is 1. The molecule has 1 aromatic heterocycles. The Balaban J connectivity index is 2.12. The fourth-order valence-corrected chi connectivity index (χ4v) is 3.33. The van der Waals surface area contributed by atoms with Gasteiger partial charge in [0.15, 0.2) is 0 Å². The van der Waals surface area contributed by atoms with E-state index < -0.39 is 0 Å². The van der Waals surface area contributed by atoms with Crippen LogP contribution in [-0.4, -0.2) is 45.9 Å². The summed E-state index contributed by atoms with van der Waals surface area (Å²) in [6.07, 6.45) is 1.69. The van der Waals surface area contributed by atoms with Crippen LogP contribution in [0.15, 0.2) is 18.3 Å². The first-order chi connectivity index (χ1) is 9.02. The summed E-state index contributed by atoms with van der Waals surface area (Å²) in [5.74, 6) is 1.87. The van der Waals surface area contributed by atoms with Gasteiger partial charge < -0.3 is 10.2 Å². The van der Waals surface area contributed by atoms with E-state index in [0.29, 0.717) is 5.56 Å². The van der Waals surface area contributed by atoms with Crippen molar-refractivity contribution in [2.24, 2.45) is 0 Å². The molecule has 1 amide bonds. The van der Waals surface area contributed by atoms with Crippen LogP contribution in [0.25, 0.3) is 0 Å². The molecular weight excluding hydrogens is 258 g/mol. The highest BCUT2D eigenvalue weighted by Gasteiger charge is 2.30. The zero-order valence-electron chi connectivity index (χ0n) is 11.8. The van der Waals surface area contributed by atoms with Gasteiger partial charge in [0.2, 0.25) is 0 Å². The highest BCUT2D eigenvalue weighted by atomic mass is 32.2. The Kier molecular flexibility index (Phi) is 4.34. The molecule has 1 aliphatic heterocycles. The van der Waals surface area contributed by atoms with Gasteiger partial charge >= 0.3 is 0 Å². The van der Waals surface area contributed by atoms with E-state index in [1.807, 2.05) is 29.7 Å². The number of hydrogen-bond donors (Lipinski definition) is 1. The van der Waals surface area contributed by atoms with Gasteiger partial charge in [-0.15, -0.1) is 0 Å². The maximum absolute atomic E-state index is 12.5. The average molecular weight is 279 g/mol. The number of aromatic nitrogens is 1. The Morgan fingerprint density at radius 1 is 1.58 bits per heavy atom. The number of anilines is 1. The molecule has 0 unspecified atom stereocenters. The number of hydrogen-bond acceptors (Lipinski definition) is 4. The summed E-state index contributed by atoms with van der Waals surface area (Å²) in [5.41, 5.74) is 0.716. The van der Waals surface area contributed by atoms with Crippen molar-refractivity contribution in [3.05, 3.63) is 23.9 Å². The van der Waals surface area contributed by atoms with E-state index in [1.54, 1.807) is 12.3 Å². The standard InChI is InChI=1S/C14H21N3OS/c1-4-15-12-9-11(5-6-16-12)13(18)17-7-8-19-14(2,3)10-17/h5-6,9H,4,7-8,10H2,1-3H3,(H,15,16). The molecule has 19 heavy (non-hydrogen) atoms. The van der Waals surface area contributed by atoms with Crippen molar-refractivity contribution < 1.29 is 4.79 Å². The number of pyridine rings is 1. The van der Waals surface area contributed by atoms with Gasteiger partial charge in [-0.1, -0.05) is 0 Å². The summed E-state index contributed by atoms with van der Waals surface area (Å²) < 4.78 is 0.144. The van der Waals surface area contributed by atoms with Crippen molar-refractivity contribution in [2.75, 3.05) is 30.7 Å². The maximum atomic E-state index is 12.5. The first kappa shape index (κ1) is 14.2. The van der Waals surface area contributed by atoms with Gasteiger partial charge in [-0.3, -0.25) is 4.79 Å². The highest BCUT2D eigenvalue weighted by Crippen LogP contribution is 2.30. The average Bonchev–Trinajstić information content (AvgIpc) is 2.37. The van der Waals surface area contributed by atoms with E-state index in [-0.39, 0.29) is 10.7 Å². The quantitative estimate of drug-likeness (QED) is 0.923. The second kappa shape index (κ2) is 5.82. The Labute approximate surface area is 119 Å². The zero-order chi connectivity index (χ0) is 13.9. The molecule has 1 aromatic rings. The van der Waals surface area contributed by atoms with Gasteiger partial charge in [0.05, 0.1) is 0 Å². The number of nitrogens with zero attached hydrogens (tertiary/aromatic N) is 2. The van der Waals surface area contributed by atoms with E-state index in [4.69, 9.17) is 0 Å². The van der Waals surface area contributed by atoms with Gasteiger partial charge in [-0.05, 0) is 32.9 Å². The lowest BCUT2D eigenvalue weighted by Crippen LogP contribution is -2.46. The van der Waals surface area contributed by atoms with Gasteiger partial charge in [-0.25, -0.2) is 4.98 Å². The topological polar surface area (TPSA) is 45.2 Å². The van der Waals surface area contributed by atoms with Crippen molar-refractivity contribution in [1.82, 2.24) is 9.88 Å². The number of rotatable bonds is 3. The summed E-state index contributed by atoms with van der Waals surface area (Å²) in [5, 5.41) is 3.14. The molecule has 1 N–H and O–H groups in total. The molecule has 1 fully saturated rings. The SMILES string of the molecule is CCNc1cc(C(=O)N2CCSC(C)(C)C2)ccn1. The van der Waals surface area contributed by atoms with Crippen LogP contribution in [0.1, 0.15) is 31.1 Å². The number of carbonyl (C=O) groups excluding carboxylic acids is 1. The monoisotopic (exact) mass is 279 g/mol. The summed E-state index contributed by atoms with van der Waals surface area (Å²) >= 11 is 1.93. The molecule has 104 valence electrons. The van der Waals surface area contributed by atoms with Gasteiger partial charge in [0.25, 0.3) is 5.91 Å². The van der Waals surface area contributed by atoms with Crippen LogP contribution < -0.4 is 5.32 Å². The van der Waals surface area contributed by atoms with Crippen molar-refractivity contribution >= 4 is 23.5 Å². The molecule has 1 aliphatic rings. The molecular formula is C14H21N3OS. The van der Waals surface area contributed by atoms with E-state index >= 15 is 0 Å². The normalized spacial score (nSPS) is 18.2. The zero-order valence-corrected chi connectivity index (χ0v) is 12.6. The van der Waals surface area contributed by atoms with Gasteiger partial charge in [0.1, 0.15) is 5.82 Å². The molecule has 0 spiro atoms. The molecule has 0 aliphatic carbocycles. The van der Waals surface area contributed by atoms with Crippen LogP contribution in [0.2, 0.25) is 0 Å². The third-order valence-electron chi connectivity index (χ3n) is 3.08. The molecule has 0 atom stereocenters. The van der Waals surface area contributed by atoms with Crippen LogP contribution in [0.5, 0.6) is 0 Å². The Bertz CT molecular complexity index is 462. The van der Waals surface area contributed by atoms with Crippen LogP contribution >= 0.6 is 11.8 Å². The van der Waals surface area contributed by atoms with E-state index in [0.717, 1.165) is 31.2 Å². The van der Waals surface area contributed by atoms with E-state index in [2.05, 4.69) is 24.1 Å². The molecule has 0 aromatic carbocycles. The van der Waals surface area contributed by atoms with Crippen LogP contribution in [-0.2, 0) is 0 Å². The minimum absolute atomic E-state index is 0.106. The Morgan fingerprint density at radius 3 is 3.05 bits per heavy atom. The summed E-state index contributed by atoms with van der Waals surface area (Å²) in [4.78, 5) is 18.7. The second-order valence-electron chi connectivity index (χ2n) is 5.29. The third-order valence-corrected chi connectivity index (χ3v) is 4.37. The van der Waals surface area contributed by atoms with Gasteiger partial charge in [0, 0.05) is 41.9 Å². The summed E-state index contributed by atoms with van der Waals surface area (Å²) in [6.45, 7) is 8.82. The largest absolute Gasteiger partial charge is 0.370 e. The lowest BCUT2D eigenvalue weighted by atomic mass is 10.1. The number of amides is 1. The lowest BCUT2D eigenvalue weighted by Gasteiger charge is -2.37. The fourth-order valence-electron chi connectivity index (χ4n) is 2.21. The van der Waals surface area contributed by atoms with Crippen molar-refractivity contribution in [2.45, 2.75) is 25.5 Å². The molecule has 2 heterocycles. The molecule has 1 saturated heterocycles. The maximum Gasteiger partial charge on any atom is 0.254 e. The molecule has 0 radical (unpaired) electrons. The first-order valence-corrected chi connectivity index (χ1v) is 7.63. The van der Waals surface area contributed by atoms with E-state index in [9.17, 15) is 4.79 Å². The van der Waals surface area contributed by atoms with Crippen LogP contribution in [0, 0.1) is 0 Å². The van der Waals surface area contributed by atoms with Crippen molar-refractivity contribution in [3.63, 3.8) is 0 Å². The van der Waals surface area contributed by atoms with Crippen LogP contribution in [0.3, 0.4) is 0 Å². The fraction of sp³-hybridized carbons (Fsp3) is 0.571. The predicted molar refractivity (Wildman–Crippen MR) is 80.8 cm³/mol. The predicted octanol–water partition coefficient (Wildman–Crippen LogP) is 2.48. The molecule has 0 bridgehead atoms. The summed E-state index contributed by atoms with van der Waals surface area (Å²) in [6, 6.07) is 3.62. The minimum Gasteiger partial charge on any atom is -0.370 e. The number of thioether (sulfide) groups is 1. The third kappa shape index (κ3) is 3.62. The Hall–Kier alpha value is -1.23. The molecule has 0 saturated carbocycles. The highest BCUT2D eigenvalue weighted by molar-refractivity contribution is 8.00. The molecule has 5 heteroatoms. The Morgan fingerprint density at radius 2 is 2.37 bits per heavy atom. The molecule has 4 nitrogen and oxygen atoms in total. The lowest BCUT2D eigenvalue weighted by molar-refractivity contribution is 0.0748. The van der Waals surface area contributed by atoms with Gasteiger partial charge in [-0.2, -0.15) is 11.8 Å².